The van der Waals surface area contributed by atoms with Crippen molar-refractivity contribution in [1.29, 1.82) is 0 Å². The lowest BCUT2D eigenvalue weighted by molar-refractivity contribution is -0.111. The Bertz CT molecular complexity index is 753. The minimum absolute atomic E-state index is 0.262. The molecule has 1 N–H and O–H groups in total. The van der Waals surface area contributed by atoms with E-state index in [1.165, 1.54) is 6.08 Å². The molecule has 0 radical (unpaired) electrons. The summed E-state index contributed by atoms with van der Waals surface area (Å²) in [5.74, 6) is 2.15. The third kappa shape index (κ3) is 4.67. The first-order valence-corrected chi connectivity index (χ1v) is 7.54. The Morgan fingerprint density at radius 1 is 0.840 bits per heavy atom. The summed E-state index contributed by atoms with van der Waals surface area (Å²) in [7, 11) is 6.24. The fraction of sp³-hybridized carbons (Fsp3) is 0.211. The molecule has 0 saturated heterocycles. The largest absolute Gasteiger partial charge is 0.497 e. The Balaban J connectivity index is 2.15. The number of benzene rings is 2. The second kappa shape index (κ2) is 8.63. The highest BCUT2D eigenvalue weighted by Crippen LogP contribution is 2.35. The van der Waals surface area contributed by atoms with Gasteiger partial charge in [-0.3, -0.25) is 4.79 Å². The zero-order valence-electron chi connectivity index (χ0n) is 14.7. The minimum atomic E-state index is -0.262. The van der Waals surface area contributed by atoms with Gasteiger partial charge in [0.1, 0.15) is 11.5 Å². The van der Waals surface area contributed by atoms with Gasteiger partial charge in [-0.15, -0.1) is 0 Å². The first-order chi connectivity index (χ1) is 12.1. The Kier molecular flexibility index (Phi) is 6.28. The van der Waals surface area contributed by atoms with Crippen LogP contribution in [0.2, 0.25) is 0 Å². The van der Waals surface area contributed by atoms with Crippen molar-refractivity contribution in [3.05, 3.63) is 48.0 Å². The van der Waals surface area contributed by atoms with Crippen LogP contribution in [0.1, 0.15) is 5.56 Å². The van der Waals surface area contributed by atoms with Crippen molar-refractivity contribution >= 4 is 17.7 Å². The molecule has 0 bridgehead atoms. The average Bonchev–Trinajstić information content (AvgIpc) is 2.66. The summed E-state index contributed by atoms with van der Waals surface area (Å²) in [4.78, 5) is 12.1. The van der Waals surface area contributed by atoms with Crippen molar-refractivity contribution in [2.45, 2.75) is 0 Å². The molecule has 0 saturated carbocycles. The first-order valence-electron chi connectivity index (χ1n) is 7.54. The maximum Gasteiger partial charge on any atom is 0.248 e. The van der Waals surface area contributed by atoms with Crippen LogP contribution in [0.15, 0.2) is 42.5 Å². The van der Waals surface area contributed by atoms with Crippen LogP contribution in [0.5, 0.6) is 23.0 Å². The van der Waals surface area contributed by atoms with Crippen LogP contribution < -0.4 is 24.3 Å². The number of rotatable bonds is 7. The zero-order chi connectivity index (χ0) is 18.2. The van der Waals surface area contributed by atoms with Gasteiger partial charge in [0.15, 0.2) is 11.5 Å². The lowest BCUT2D eigenvalue weighted by Gasteiger charge is -2.12. The van der Waals surface area contributed by atoms with Gasteiger partial charge in [0.25, 0.3) is 0 Å². The van der Waals surface area contributed by atoms with Gasteiger partial charge >= 0.3 is 0 Å². The fourth-order valence-electron chi connectivity index (χ4n) is 2.21. The van der Waals surface area contributed by atoms with Gasteiger partial charge < -0.3 is 24.3 Å². The molecular formula is C19H21NO5. The number of nitrogens with one attached hydrogen (secondary N) is 1. The van der Waals surface area contributed by atoms with Crippen molar-refractivity contribution in [3.8, 4) is 23.0 Å². The Morgan fingerprint density at radius 3 is 2.00 bits per heavy atom. The number of anilines is 1. The predicted molar refractivity (Wildman–Crippen MR) is 96.8 cm³/mol. The van der Waals surface area contributed by atoms with E-state index < -0.39 is 0 Å². The molecule has 0 aliphatic carbocycles. The van der Waals surface area contributed by atoms with E-state index in [2.05, 4.69) is 5.32 Å². The number of carbonyl (C=O) groups excluding carboxylic acids is 1. The van der Waals surface area contributed by atoms with E-state index in [0.29, 0.717) is 28.5 Å². The van der Waals surface area contributed by atoms with Crippen LogP contribution in [0.4, 0.5) is 5.69 Å². The second-order valence-corrected chi connectivity index (χ2v) is 5.00. The number of methoxy groups -OCH3 is 4. The van der Waals surface area contributed by atoms with Gasteiger partial charge in [-0.2, -0.15) is 0 Å². The summed E-state index contributed by atoms with van der Waals surface area (Å²) in [6.07, 6.45) is 3.08. The van der Waals surface area contributed by atoms with Gasteiger partial charge in [0.2, 0.25) is 5.91 Å². The summed E-state index contributed by atoms with van der Waals surface area (Å²) >= 11 is 0. The minimum Gasteiger partial charge on any atom is -0.497 e. The summed E-state index contributed by atoms with van der Waals surface area (Å²) in [5, 5.41) is 2.77. The number of amides is 1. The van der Waals surface area contributed by atoms with Gasteiger partial charge in [0, 0.05) is 23.4 Å². The molecular weight excluding hydrogens is 322 g/mol. The van der Waals surface area contributed by atoms with Crippen molar-refractivity contribution in [2.75, 3.05) is 33.8 Å². The predicted octanol–water partition coefficient (Wildman–Crippen LogP) is 3.37. The van der Waals surface area contributed by atoms with E-state index in [9.17, 15) is 4.79 Å². The third-order valence-corrected chi connectivity index (χ3v) is 3.51. The van der Waals surface area contributed by atoms with Crippen LogP contribution in [-0.2, 0) is 4.79 Å². The number of carbonyl (C=O) groups is 1. The Labute approximate surface area is 147 Å². The third-order valence-electron chi connectivity index (χ3n) is 3.51. The SMILES string of the molecule is COc1ccc(NC(=O)C=Cc2cc(OC)c(OC)cc2OC)cc1. The Hall–Kier alpha value is -3.15. The van der Waals surface area contributed by atoms with Crippen molar-refractivity contribution in [2.24, 2.45) is 0 Å². The molecule has 25 heavy (non-hydrogen) atoms. The molecule has 2 aromatic rings. The van der Waals surface area contributed by atoms with Crippen LogP contribution in [0.3, 0.4) is 0 Å². The van der Waals surface area contributed by atoms with Gasteiger partial charge in [0.05, 0.1) is 28.4 Å². The number of hydrogen-bond donors (Lipinski definition) is 1. The van der Waals surface area contributed by atoms with Crippen molar-refractivity contribution in [3.63, 3.8) is 0 Å². The highest BCUT2D eigenvalue weighted by molar-refractivity contribution is 6.02. The lowest BCUT2D eigenvalue weighted by Crippen LogP contribution is -2.07. The molecule has 0 heterocycles. The van der Waals surface area contributed by atoms with Crippen LogP contribution in [0, 0.1) is 0 Å². The van der Waals surface area contributed by atoms with E-state index in [0.717, 1.165) is 5.75 Å². The average molecular weight is 343 g/mol. The summed E-state index contributed by atoms with van der Waals surface area (Å²) in [5.41, 5.74) is 1.37. The molecule has 0 spiro atoms. The quantitative estimate of drug-likeness (QED) is 0.781. The van der Waals surface area contributed by atoms with Gasteiger partial charge in [-0.25, -0.2) is 0 Å². The van der Waals surface area contributed by atoms with E-state index in [1.807, 2.05) is 0 Å². The lowest BCUT2D eigenvalue weighted by atomic mass is 10.1. The first kappa shape index (κ1) is 18.2. The fourth-order valence-corrected chi connectivity index (χ4v) is 2.21. The molecule has 0 aliphatic rings. The molecule has 6 heteroatoms. The van der Waals surface area contributed by atoms with Crippen LogP contribution in [0.25, 0.3) is 6.08 Å². The maximum atomic E-state index is 12.1. The maximum absolute atomic E-state index is 12.1. The molecule has 1 amide bonds. The summed E-state index contributed by atoms with van der Waals surface area (Å²) < 4.78 is 20.9. The van der Waals surface area contributed by atoms with E-state index >= 15 is 0 Å². The molecule has 0 atom stereocenters. The van der Waals surface area contributed by atoms with Crippen LogP contribution in [-0.4, -0.2) is 34.3 Å². The molecule has 0 aliphatic heterocycles. The van der Waals surface area contributed by atoms with E-state index in [4.69, 9.17) is 18.9 Å². The molecule has 132 valence electrons. The van der Waals surface area contributed by atoms with Crippen LogP contribution >= 0.6 is 0 Å². The summed E-state index contributed by atoms with van der Waals surface area (Å²) in [6, 6.07) is 10.5. The molecule has 2 rings (SSSR count). The smallest absolute Gasteiger partial charge is 0.248 e. The highest BCUT2D eigenvalue weighted by Gasteiger charge is 2.10. The van der Waals surface area contributed by atoms with E-state index in [-0.39, 0.29) is 5.91 Å². The highest BCUT2D eigenvalue weighted by atomic mass is 16.5. The zero-order valence-corrected chi connectivity index (χ0v) is 14.7. The summed E-state index contributed by atoms with van der Waals surface area (Å²) in [6.45, 7) is 0. The Morgan fingerprint density at radius 2 is 1.44 bits per heavy atom. The molecule has 0 fully saturated rings. The number of ether oxygens (including phenoxy) is 4. The monoisotopic (exact) mass is 343 g/mol. The molecule has 6 nitrogen and oxygen atoms in total. The van der Waals surface area contributed by atoms with Gasteiger partial charge in [-0.05, 0) is 36.4 Å². The van der Waals surface area contributed by atoms with Gasteiger partial charge in [-0.1, -0.05) is 0 Å². The molecule has 2 aromatic carbocycles. The second-order valence-electron chi connectivity index (χ2n) is 5.00. The van der Waals surface area contributed by atoms with Crippen molar-refractivity contribution in [1.82, 2.24) is 0 Å². The molecule has 0 aromatic heterocycles. The topological polar surface area (TPSA) is 66.0 Å². The molecule has 0 unspecified atom stereocenters. The standard InChI is InChI=1S/C19H21NO5/c1-22-15-8-6-14(7-9-15)20-19(21)10-5-13-11-17(24-3)18(25-4)12-16(13)23-2/h5-12H,1-4H3,(H,20,21). The van der Waals surface area contributed by atoms with Crippen molar-refractivity contribution < 1.29 is 23.7 Å². The number of hydrogen-bond acceptors (Lipinski definition) is 5. The normalized spacial score (nSPS) is 10.4. The van der Waals surface area contributed by atoms with E-state index in [1.54, 1.807) is 70.9 Å².